The summed E-state index contributed by atoms with van der Waals surface area (Å²) in [4.78, 5) is 16.5. The fourth-order valence-electron chi connectivity index (χ4n) is 3.67. The van der Waals surface area contributed by atoms with E-state index in [1.54, 1.807) is 4.90 Å². The van der Waals surface area contributed by atoms with Crippen molar-refractivity contribution in [2.45, 2.75) is 32.9 Å². The van der Waals surface area contributed by atoms with Crippen molar-refractivity contribution < 1.29 is 14.3 Å². The van der Waals surface area contributed by atoms with E-state index in [0.717, 1.165) is 37.4 Å². The SMILES string of the molecule is CCN(CC)c1cccc(OCC[C@@H]2CN(C(=O)OCc3ccccc3)CCN2)c1.Cl.Cl. The number of nitrogens with zero attached hydrogens (tertiary/aromatic N) is 2. The van der Waals surface area contributed by atoms with E-state index in [4.69, 9.17) is 9.47 Å². The largest absolute Gasteiger partial charge is 0.493 e. The molecule has 8 heteroatoms. The van der Waals surface area contributed by atoms with Gasteiger partial charge in [-0.15, -0.1) is 24.8 Å². The number of benzene rings is 2. The monoisotopic (exact) mass is 483 g/mol. The number of anilines is 1. The van der Waals surface area contributed by atoms with Gasteiger partial charge in [0.15, 0.2) is 0 Å². The molecule has 1 amide bonds. The van der Waals surface area contributed by atoms with Crippen LogP contribution in [-0.4, -0.2) is 56.4 Å². The number of hydrogen-bond donors (Lipinski definition) is 1. The third-order valence-corrected chi connectivity index (χ3v) is 5.40. The van der Waals surface area contributed by atoms with Crippen molar-refractivity contribution in [3.63, 3.8) is 0 Å². The van der Waals surface area contributed by atoms with Crippen LogP contribution in [0.25, 0.3) is 0 Å². The van der Waals surface area contributed by atoms with E-state index in [2.05, 4.69) is 36.2 Å². The summed E-state index contributed by atoms with van der Waals surface area (Å²) in [7, 11) is 0. The van der Waals surface area contributed by atoms with Crippen LogP contribution in [-0.2, 0) is 11.3 Å². The molecule has 1 aliphatic rings. The minimum Gasteiger partial charge on any atom is -0.493 e. The quantitative estimate of drug-likeness (QED) is 0.557. The normalized spacial score (nSPS) is 15.2. The second kappa shape index (κ2) is 14.8. The van der Waals surface area contributed by atoms with Gasteiger partial charge in [0, 0.05) is 50.5 Å². The van der Waals surface area contributed by atoms with E-state index in [1.807, 2.05) is 42.5 Å². The summed E-state index contributed by atoms with van der Waals surface area (Å²) in [5.74, 6) is 0.884. The third-order valence-electron chi connectivity index (χ3n) is 5.40. The van der Waals surface area contributed by atoms with Gasteiger partial charge in [-0.1, -0.05) is 36.4 Å². The molecule has 1 fully saturated rings. The fourth-order valence-corrected chi connectivity index (χ4v) is 3.67. The topological polar surface area (TPSA) is 54.0 Å². The Hall–Kier alpha value is -2.15. The van der Waals surface area contributed by atoms with Gasteiger partial charge in [-0.25, -0.2) is 4.79 Å². The standard InChI is InChI=1S/C24H33N3O3.2ClH/c1-3-26(4-2)22-11-8-12-23(17-22)29-16-13-21-18-27(15-14-25-21)24(28)30-19-20-9-6-5-7-10-20;;/h5-12,17,21,25H,3-4,13-16,18-19H2,1-2H3;2*1H/t21-;;/m1../s1. The Morgan fingerprint density at radius 2 is 1.84 bits per heavy atom. The number of carbonyl (C=O) groups is 1. The Kier molecular flexibility index (Phi) is 12.9. The second-order valence-electron chi connectivity index (χ2n) is 7.44. The van der Waals surface area contributed by atoms with Gasteiger partial charge >= 0.3 is 6.09 Å². The number of hydrogen-bond acceptors (Lipinski definition) is 5. The number of rotatable bonds is 9. The van der Waals surface area contributed by atoms with E-state index >= 15 is 0 Å². The molecule has 1 saturated heterocycles. The van der Waals surface area contributed by atoms with Crippen molar-refractivity contribution in [3.8, 4) is 5.75 Å². The molecule has 0 bridgehead atoms. The molecule has 3 rings (SSSR count). The Bertz CT molecular complexity index is 791. The molecule has 1 heterocycles. The number of halogens is 2. The van der Waals surface area contributed by atoms with Crippen molar-refractivity contribution in [2.24, 2.45) is 0 Å². The lowest BCUT2D eigenvalue weighted by atomic mass is 10.1. The average molecular weight is 484 g/mol. The molecule has 1 N–H and O–H groups in total. The van der Waals surface area contributed by atoms with Crippen LogP contribution in [0.5, 0.6) is 5.75 Å². The molecular weight excluding hydrogens is 449 g/mol. The molecule has 6 nitrogen and oxygen atoms in total. The summed E-state index contributed by atoms with van der Waals surface area (Å²) in [6.45, 7) is 9.23. The van der Waals surface area contributed by atoms with E-state index in [1.165, 1.54) is 5.69 Å². The number of nitrogens with one attached hydrogen (secondary N) is 1. The lowest BCUT2D eigenvalue weighted by Crippen LogP contribution is -2.53. The van der Waals surface area contributed by atoms with Gasteiger partial charge in [-0.2, -0.15) is 0 Å². The van der Waals surface area contributed by atoms with E-state index < -0.39 is 0 Å². The highest BCUT2D eigenvalue weighted by molar-refractivity contribution is 5.85. The third kappa shape index (κ3) is 8.41. The van der Waals surface area contributed by atoms with Crippen molar-refractivity contribution in [1.82, 2.24) is 10.2 Å². The highest BCUT2D eigenvalue weighted by Gasteiger charge is 2.24. The molecule has 1 aliphatic heterocycles. The summed E-state index contributed by atoms with van der Waals surface area (Å²) in [5.41, 5.74) is 2.18. The van der Waals surface area contributed by atoms with Gasteiger partial charge in [0.2, 0.25) is 0 Å². The summed E-state index contributed by atoms with van der Waals surface area (Å²) in [6.07, 6.45) is 0.580. The zero-order chi connectivity index (χ0) is 21.2. The van der Waals surface area contributed by atoms with Crippen LogP contribution >= 0.6 is 24.8 Å². The number of amides is 1. The molecule has 2 aromatic carbocycles. The molecule has 0 saturated carbocycles. The van der Waals surface area contributed by atoms with Crippen molar-refractivity contribution in [3.05, 3.63) is 60.2 Å². The molecule has 0 unspecified atom stereocenters. The Morgan fingerprint density at radius 3 is 2.56 bits per heavy atom. The summed E-state index contributed by atoms with van der Waals surface area (Å²) >= 11 is 0. The lowest BCUT2D eigenvalue weighted by Gasteiger charge is -2.33. The van der Waals surface area contributed by atoms with Gasteiger partial charge in [0.1, 0.15) is 12.4 Å². The van der Waals surface area contributed by atoms with Gasteiger partial charge in [0.25, 0.3) is 0 Å². The minimum atomic E-state index is -0.252. The molecule has 32 heavy (non-hydrogen) atoms. The number of piperazine rings is 1. The molecule has 178 valence electrons. The molecule has 0 aromatic heterocycles. The van der Waals surface area contributed by atoms with Gasteiger partial charge in [0.05, 0.1) is 6.61 Å². The van der Waals surface area contributed by atoms with E-state index in [9.17, 15) is 4.79 Å². The maximum absolute atomic E-state index is 12.4. The molecule has 0 aliphatic carbocycles. The number of ether oxygens (including phenoxy) is 2. The summed E-state index contributed by atoms with van der Waals surface area (Å²) in [6, 6.07) is 18.2. The highest BCUT2D eigenvalue weighted by atomic mass is 35.5. The van der Waals surface area contributed by atoms with Crippen LogP contribution in [0.2, 0.25) is 0 Å². The lowest BCUT2D eigenvalue weighted by molar-refractivity contribution is 0.0827. The second-order valence-corrected chi connectivity index (χ2v) is 7.44. The van der Waals surface area contributed by atoms with Gasteiger partial charge < -0.3 is 24.6 Å². The van der Waals surface area contributed by atoms with Crippen molar-refractivity contribution >= 4 is 36.6 Å². The van der Waals surface area contributed by atoms with Crippen LogP contribution in [0.4, 0.5) is 10.5 Å². The van der Waals surface area contributed by atoms with Gasteiger partial charge in [-0.05, 0) is 38.0 Å². The number of carbonyl (C=O) groups excluding carboxylic acids is 1. The van der Waals surface area contributed by atoms with Crippen molar-refractivity contribution in [1.29, 1.82) is 0 Å². The smallest absolute Gasteiger partial charge is 0.410 e. The van der Waals surface area contributed by atoms with E-state index in [-0.39, 0.29) is 36.9 Å². The zero-order valence-electron chi connectivity index (χ0n) is 18.9. The Labute approximate surface area is 204 Å². The molecule has 2 aromatic rings. The van der Waals surface area contributed by atoms with Crippen LogP contribution in [0.3, 0.4) is 0 Å². The highest BCUT2D eigenvalue weighted by Crippen LogP contribution is 2.21. The van der Waals surface area contributed by atoms with Crippen LogP contribution in [0.1, 0.15) is 25.8 Å². The van der Waals surface area contributed by atoms with Crippen molar-refractivity contribution in [2.75, 3.05) is 44.2 Å². The molecule has 0 spiro atoms. The van der Waals surface area contributed by atoms with Gasteiger partial charge in [-0.3, -0.25) is 0 Å². The molecule has 0 radical (unpaired) electrons. The molecule has 1 atom stereocenters. The maximum Gasteiger partial charge on any atom is 0.410 e. The first-order chi connectivity index (χ1) is 14.7. The zero-order valence-corrected chi connectivity index (χ0v) is 20.5. The van der Waals surface area contributed by atoms with Crippen LogP contribution in [0, 0.1) is 0 Å². The summed E-state index contributed by atoms with van der Waals surface area (Å²) < 4.78 is 11.5. The average Bonchev–Trinajstić information content (AvgIpc) is 2.79. The fraction of sp³-hybridized carbons (Fsp3) is 0.458. The Balaban J connectivity index is 0.00000256. The maximum atomic E-state index is 12.4. The first kappa shape index (κ1) is 27.9. The minimum absolute atomic E-state index is 0. The predicted octanol–water partition coefficient (Wildman–Crippen LogP) is 4.76. The predicted molar refractivity (Wildman–Crippen MR) is 135 cm³/mol. The first-order valence-electron chi connectivity index (χ1n) is 10.9. The molecular formula is C24H35Cl2N3O3. The van der Waals surface area contributed by atoms with E-state index in [0.29, 0.717) is 26.3 Å². The first-order valence-corrected chi connectivity index (χ1v) is 10.9. The summed E-state index contributed by atoms with van der Waals surface area (Å²) in [5, 5.41) is 3.47. The van der Waals surface area contributed by atoms with Crippen LogP contribution in [0.15, 0.2) is 54.6 Å². The van der Waals surface area contributed by atoms with Crippen LogP contribution < -0.4 is 15.0 Å². The Morgan fingerprint density at radius 1 is 1.09 bits per heavy atom.